The first-order chi connectivity index (χ1) is 12.2. The number of nitrogens with one attached hydrogen (secondary N) is 1. The van der Waals surface area contributed by atoms with Gasteiger partial charge < -0.3 is 0 Å². The molecule has 9 heteroatoms. The Morgan fingerprint density at radius 3 is 2.54 bits per heavy atom. The molecule has 0 saturated heterocycles. The average Bonchev–Trinajstić information content (AvgIpc) is 2.57. The Morgan fingerprint density at radius 1 is 1.31 bits per heavy atom. The van der Waals surface area contributed by atoms with Gasteiger partial charge in [-0.15, -0.1) is 6.58 Å². The van der Waals surface area contributed by atoms with Crippen molar-refractivity contribution in [2.24, 2.45) is 0 Å². The molecule has 26 heavy (non-hydrogen) atoms. The smallest absolute Gasteiger partial charge is 0.299 e. The molecule has 0 spiro atoms. The van der Waals surface area contributed by atoms with Gasteiger partial charge in [0.25, 0.3) is 5.56 Å². The summed E-state index contributed by atoms with van der Waals surface area (Å²) in [5, 5.41) is -0.123. The van der Waals surface area contributed by atoms with Crippen molar-refractivity contribution in [1.29, 1.82) is 0 Å². The van der Waals surface area contributed by atoms with Crippen molar-refractivity contribution in [1.82, 2.24) is 14.5 Å². The molecule has 1 N–H and O–H groups in total. The van der Waals surface area contributed by atoms with Gasteiger partial charge in [-0.1, -0.05) is 29.8 Å². The van der Waals surface area contributed by atoms with Crippen molar-refractivity contribution in [3.8, 4) is 11.3 Å². The van der Waals surface area contributed by atoms with E-state index >= 15 is 0 Å². The molecule has 1 aromatic carbocycles. The molecule has 0 aliphatic heterocycles. The van der Waals surface area contributed by atoms with E-state index in [-0.39, 0.29) is 22.7 Å². The summed E-state index contributed by atoms with van der Waals surface area (Å²) in [6.07, 6.45) is -3.29. The molecular formula is C17H11ClF3N3OS. The van der Waals surface area contributed by atoms with Gasteiger partial charge in [-0.3, -0.25) is 14.3 Å². The van der Waals surface area contributed by atoms with Crippen LogP contribution in [0.15, 0.2) is 47.8 Å². The molecule has 3 aromatic rings. The summed E-state index contributed by atoms with van der Waals surface area (Å²) in [7, 11) is 0. The third kappa shape index (κ3) is 3.30. The Hall–Kier alpha value is -2.45. The largest absolute Gasteiger partial charge is 0.417 e. The highest BCUT2D eigenvalue weighted by Crippen LogP contribution is 2.35. The van der Waals surface area contributed by atoms with Gasteiger partial charge in [-0.2, -0.15) is 13.2 Å². The van der Waals surface area contributed by atoms with Crippen LogP contribution in [0.3, 0.4) is 0 Å². The summed E-state index contributed by atoms with van der Waals surface area (Å²) in [5.74, 6) is 0. The highest BCUT2D eigenvalue weighted by Gasteiger charge is 2.35. The second-order valence-electron chi connectivity index (χ2n) is 5.42. The molecule has 0 saturated carbocycles. The van der Waals surface area contributed by atoms with Crippen molar-refractivity contribution < 1.29 is 13.2 Å². The van der Waals surface area contributed by atoms with E-state index < -0.39 is 22.7 Å². The molecule has 0 bridgehead atoms. The molecule has 0 amide bonds. The van der Waals surface area contributed by atoms with Crippen molar-refractivity contribution >= 4 is 34.9 Å². The Morgan fingerprint density at radius 2 is 1.96 bits per heavy atom. The van der Waals surface area contributed by atoms with Crippen molar-refractivity contribution in [2.45, 2.75) is 12.7 Å². The van der Waals surface area contributed by atoms with E-state index in [2.05, 4.69) is 16.5 Å². The minimum atomic E-state index is -4.75. The Kier molecular flexibility index (Phi) is 4.72. The minimum Gasteiger partial charge on any atom is -0.299 e. The maximum atomic E-state index is 13.6. The predicted octanol–water partition coefficient (Wildman–Crippen LogP) is 4.98. The van der Waals surface area contributed by atoms with E-state index in [1.165, 1.54) is 10.6 Å². The Labute approximate surface area is 155 Å². The average molecular weight is 398 g/mol. The maximum Gasteiger partial charge on any atom is 0.417 e. The summed E-state index contributed by atoms with van der Waals surface area (Å²) < 4.78 is 42.1. The highest BCUT2D eigenvalue weighted by molar-refractivity contribution is 7.71. The number of rotatable bonds is 3. The first-order valence-corrected chi connectivity index (χ1v) is 8.13. The van der Waals surface area contributed by atoms with Crippen molar-refractivity contribution in [2.75, 3.05) is 0 Å². The molecule has 2 aromatic heterocycles. The lowest BCUT2D eigenvalue weighted by Gasteiger charge is -2.15. The zero-order valence-corrected chi connectivity index (χ0v) is 14.7. The van der Waals surface area contributed by atoms with Gasteiger partial charge in [0.15, 0.2) is 4.77 Å². The van der Waals surface area contributed by atoms with Crippen LogP contribution in [0, 0.1) is 4.77 Å². The van der Waals surface area contributed by atoms with E-state index in [9.17, 15) is 18.0 Å². The molecule has 0 radical (unpaired) electrons. The topological polar surface area (TPSA) is 50.7 Å². The fraction of sp³-hybridized carbons (Fsp3) is 0.118. The number of aromatic amines is 1. The number of aromatic nitrogens is 3. The Balaban J connectivity index is 2.48. The van der Waals surface area contributed by atoms with Gasteiger partial charge in [0, 0.05) is 17.1 Å². The van der Waals surface area contributed by atoms with Crippen LogP contribution >= 0.6 is 23.8 Å². The second kappa shape index (κ2) is 6.69. The summed E-state index contributed by atoms with van der Waals surface area (Å²) in [5.41, 5.74) is -1.69. The van der Waals surface area contributed by atoms with Gasteiger partial charge in [0.2, 0.25) is 0 Å². The first kappa shape index (κ1) is 18.3. The first-order valence-electron chi connectivity index (χ1n) is 7.34. The second-order valence-corrected chi connectivity index (χ2v) is 6.24. The van der Waals surface area contributed by atoms with Crippen LogP contribution in [-0.4, -0.2) is 14.5 Å². The summed E-state index contributed by atoms with van der Waals surface area (Å²) in [6.45, 7) is 3.66. The highest BCUT2D eigenvalue weighted by atomic mass is 35.5. The lowest BCUT2D eigenvalue weighted by Crippen LogP contribution is -2.20. The molecule has 0 aliphatic rings. The summed E-state index contributed by atoms with van der Waals surface area (Å²) >= 11 is 10.9. The zero-order valence-electron chi connectivity index (χ0n) is 13.1. The number of hydrogen-bond acceptors (Lipinski definition) is 3. The van der Waals surface area contributed by atoms with Crippen LogP contribution in [0.5, 0.6) is 0 Å². The number of H-pyrrole nitrogens is 1. The molecule has 0 fully saturated rings. The SMILES string of the molecule is C=CCn1c(=S)[nH]c(=O)c2c(C(F)(F)F)cc(-c3ccc(Cl)cc3)nc21. The van der Waals surface area contributed by atoms with Crippen molar-refractivity contribution in [3.63, 3.8) is 0 Å². The third-order valence-corrected chi connectivity index (χ3v) is 4.28. The monoisotopic (exact) mass is 397 g/mol. The van der Waals surface area contributed by atoms with Gasteiger partial charge in [-0.05, 0) is 30.4 Å². The number of hydrogen-bond donors (Lipinski definition) is 1. The molecule has 0 aliphatic carbocycles. The summed E-state index contributed by atoms with van der Waals surface area (Å²) in [4.78, 5) is 18.7. The van der Waals surface area contributed by atoms with Crippen LogP contribution in [0.4, 0.5) is 13.2 Å². The molecule has 2 heterocycles. The van der Waals surface area contributed by atoms with Crippen LogP contribution in [0.2, 0.25) is 5.02 Å². The molecular weight excluding hydrogens is 387 g/mol. The molecule has 0 unspecified atom stereocenters. The van der Waals surface area contributed by atoms with E-state index in [1.807, 2.05) is 0 Å². The fourth-order valence-electron chi connectivity index (χ4n) is 2.56. The number of allylic oxidation sites excluding steroid dienone is 1. The van der Waals surface area contributed by atoms with E-state index in [0.29, 0.717) is 10.6 Å². The van der Waals surface area contributed by atoms with Crippen LogP contribution in [0.1, 0.15) is 5.56 Å². The van der Waals surface area contributed by atoms with Crippen molar-refractivity contribution in [3.05, 3.63) is 68.7 Å². The van der Waals surface area contributed by atoms with Gasteiger partial charge in [-0.25, -0.2) is 4.98 Å². The molecule has 4 nitrogen and oxygen atoms in total. The number of fused-ring (bicyclic) bond motifs is 1. The number of nitrogens with zero attached hydrogens (tertiary/aromatic N) is 2. The minimum absolute atomic E-state index is 0.0312. The third-order valence-electron chi connectivity index (χ3n) is 3.71. The number of alkyl halides is 3. The molecule has 134 valence electrons. The van der Waals surface area contributed by atoms with E-state index in [1.54, 1.807) is 24.3 Å². The zero-order chi connectivity index (χ0) is 19.1. The van der Waals surface area contributed by atoms with E-state index in [4.69, 9.17) is 23.8 Å². The number of halogens is 4. The molecule has 3 rings (SSSR count). The quantitative estimate of drug-likeness (QED) is 0.501. The number of benzene rings is 1. The van der Waals surface area contributed by atoms with Gasteiger partial charge in [0.05, 0.1) is 16.6 Å². The fourth-order valence-corrected chi connectivity index (χ4v) is 2.94. The van der Waals surface area contributed by atoms with Crippen LogP contribution < -0.4 is 5.56 Å². The van der Waals surface area contributed by atoms with Crippen LogP contribution in [-0.2, 0) is 12.7 Å². The van der Waals surface area contributed by atoms with Gasteiger partial charge >= 0.3 is 6.18 Å². The van der Waals surface area contributed by atoms with Gasteiger partial charge in [0.1, 0.15) is 5.65 Å². The lowest BCUT2D eigenvalue weighted by atomic mass is 10.1. The lowest BCUT2D eigenvalue weighted by molar-refractivity contribution is -0.136. The Bertz CT molecular complexity index is 1120. The summed E-state index contributed by atoms with van der Waals surface area (Å²) in [6, 6.07) is 7.04. The van der Waals surface area contributed by atoms with Crippen LogP contribution in [0.25, 0.3) is 22.3 Å². The number of pyridine rings is 1. The molecule has 0 atom stereocenters. The normalized spacial score (nSPS) is 11.7. The predicted molar refractivity (Wildman–Crippen MR) is 96.8 cm³/mol. The maximum absolute atomic E-state index is 13.6. The standard InChI is InChI=1S/C17H11ClF3N3OS/c1-2-7-24-14-13(15(25)23-16(24)26)11(17(19,20)21)8-12(22-14)9-3-5-10(18)6-4-9/h2-6,8H,1,7H2,(H,23,25,26). The van der Waals surface area contributed by atoms with E-state index in [0.717, 1.165) is 6.07 Å².